The lowest BCUT2D eigenvalue weighted by atomic mass is 10.1. The Morgan fingerprint density at radius 2 is 2.16 bits per heavy atom. The molecule has 2 rings (SSSR count). The maximum atomic E-state index is 14.2. The Morgan fingerprint density at radius 1 is 1.32 bits per heavy atom. The van der Waals surface area contributed by atoms with E-state index < -0.39 is 0 Å². The summed E-state index contributed by atoms with van der Waals surface area (Å²) in [4.78, 5) is 4.19. The van der Waals surface area contributed by atoms with Gasteiger partial charge in [0.1, 0.15) is 17.3 Å². The molecule has 0 spiro atoms. The topological polar surface area (TPSA) is 34.2 Å². The Bertz CT molecular complexity index is 558. The quantitative estimate of drug-likeness (QED) is 0.897. The predicted molar refractivity (Wildman–Crippen MR) is 73.6 cm³/mol. The number of pyridine rings is 1. The lowest BCUT2D eigenvalue weighted by Crippen LogP contribution is -2.11. The minimum Gasteiger partial charge on any atom is -0.494 e. The zero-order valence-corrected chi connectivity index (χ0v) is 11.1. The zero-order chi connectivity index (χ0) is 13.7. The van der Waals surface area contributed by atoms with Crippen molar-refractivity contribution in [1.29, 1.82) is 0 Å². The van der Waals surface area contributed by atoms with Gasteiger partial charge in [0.05, 0.1) is 7.11 Å². The minimum atomic E-state index is -0.285. The van der Waals surface area contributed by atoms with Crippen molar-refractivity contribution in [2.45, 2.75) is 13.5 Å². The third-order valence-electron chi connectivity index (χ3n) is 2.86. The molecule has 0 saturated heterocycles. The van der Waals surface area contributed by atoms with Crippen molar-refractivity contribution >= 4 is 0 Å². The SMILES string of the molecule is CCNCc1ccc(-c2ncccc2OC)c(F)c1. The average Bonchev–Trinajstić information content (AvgIpc) is 2.45. The van der Waals surface area contributed by atoms with E-state index in [2.05, 4.69) is 10.3 Å². The van der Waals surface area contributed by atoms with E-state index in [0.717, 1.165) is 12.1 Å². The van der Waals surface area contributed by atoms with Gasteiger partial charge in [-0.3, -0.25) is 4.98 Å². The molecule has 1 aromatic heterocycles. The van der Waals surface area contributed by atoms with Crippen LogP contribution in [0.25, 0.3) is 11.3 Å². The van der Waals surface area contributed by atoms with E-state index in [4.69, 9.17) is 4.74 Å². The van der Waals surface area contributed by atoms with Crippen molar-refractivity contribution in [2.24, 2.45) is 0 Å². The first kappa shape index (κ1) is 13.5. The number of halogens is 1. The molecule has 0 saturated carbocycles. The van der Waals surface area contributed by atoms with E-state index in [1.54, 1.807) is 31.5 Å². The molecule has 2 aromatic rings. The van der Waals surface area contributed by atoms with Crippen LogP contribution in [0.2, 0.25) is 0 Å². The highest BCUT2D eigenvalue weighted by Gasteiger charge is 2.11. The van der Waals surface area contributed by atoms with Gasteiger partial charge in [-0.05, 0) is 36.4 Å². The van der Waals surface area contributed by atoms with Crippen LogP contribution in [0, 0.1) is 5.82 Å². The second kappa shape index (κ2) is 6.29. The standard InChI is InChI=1S/C15H17FN2O/c1-3-17-10-11-6-7-12(13(16)9-11)15-14(19-2)5-4-8-18-15/h4-9,17H,3,10H2,1-2H3. The lowest BCUT2D eigenvalue weighted by molar-refractivity contribution is 0.414. The van der Waals surface area contributed by atoms with E-state index in [9.17, 15) is 4.39 Å². The van der Waals surface area contributed by atoms with Gasteiger partial charge in [-0.15, -0.1) is 0 Å². The molecule has 0 aliphatic heterocycles. The van der Waals surface area contributed by atoms with Crippen LogP contribution < -0.4 is 10.1 Å². The molecule has 0 unspecified atom stereocenters. The number of rotatable bonds is 5. The molecule has 0 bridgehead atoms. The van der Waals surface area contributed by atoms with Crippen LogP contribution in [0.4, 0.5) is 4.39 Å². The number of methoxy groups -OCH3 is 1. The molecule has 0 aliphatic carbocycles. The zero-order valence-electron chi connectivity index (χ0n) is 11.1. The third kappa shape index (κ3) is 3.09. The third-order valence-corrected chi connectivity index (χ3v) is 2.86. The summed E-state index contributed by atoms with van der Waals surface area (Å²) in [6.07, 6.45) is 1.63. The Labute approximate surface area is 112 Å². The second-order valence-electron chi connectivity index (χ2n) is 4.15. The number of nitrogens with zero attached hydrogens (tertiary/aromatic N) is 1. The number of hydrogen-bond donors (Lipinski definition) is 1. The molecule has 0 atom stereocenters. The molecule has 1 N–H and O–H groups in total. The second-order valence-corrected chi connectivity index (χ2v) is 4.15. The summed E-state index contributed by atoms with van der Waals surface area (Å²) in [5.74, 6) is 0.285. The molecule has 100 valence electrons. The number of nitrogens with one attached hydrogen (secondary N) is 1. The molecule has 0 aliphatic rings. The fourth-order valence-electron chi connectivity index (χ4n) is 1.89. The summed E-state index contributed by atoms with van der Waals surface area (Å²) in [7, 11) is 1.55. The fourth-order valence-corrected chi connectivity index (χ4v) is 1.89. The van der Waals surface area contributed by atoms with Crippen LogP contribution in [-0.4, -0.2) is 18.6 Å². The Balaban J connectivity index is 2.35. The number of ether oxygens (including phenoxy) is 1. The Kier molecular flexibility index (Phi) is 4.47. The molecule has 3 nitrogen and oxygen atoms in total. The van der Waals surface area contributed by atoms with Gasteiger partial charge in [-0.25, -0.2) is 4.39 Å². The summed E-state index contributed by atoms with van der Waals surface area (Å²) < 4.78 is 19.4. The molecule has 4 heteroatoms. The highest BCUT2D eigenvalue weighted by Crippen LogP contribution is 2.29. The molecule has 0 amide bonds. The molecular weight excluding hydrogens is 243 g/mol. The summed E-state index contributed by atoms with van der Waals surface area (Å²) >= 11 is 0. The summed E-state index contributed by atoms with van der Waals surface area (Å²) in [6.45, 7) is 3.54. The van der Waals surface area contributed by atoms with Crippen molar-refractivity contribution in [2.75, 3.05) is 13.7 Å². The highest BCUT2D eigenvalue weighted by molar-refractivity contribution is 5.66. The van der Waals surface area contributed by atoms with Crippen LogP contribution in [0.5, 0.6) is 5.75 Å². The fraction of sp³-hybridized carbons (Fsp3) is 0.267. The first-order chi connectivity index (χ1) is 9.26. The molecule has 19 heavy (non-hydrogen) atoms. The average molecular weight is 260 g/mol. The number of hydrogen-bond acceptors (Lipinski definition) is 3. The van der Waals surface area contributed by atoms with Crippen LogP contribution >= 0.6 is 0 Å². The van der Waals surface area contributed by atoms with Gasteiger partial charge in [-0.2, -0.15) is 0 Å². The maximum Gasteiger partial charge on any atom is 0.145 e. The number of aromatic nitrogens is 1. The summed E-state index contributed by atoms with van der Waals surface area (Å²) in [5, 5.41) is 3.17. The van der Waals surface area contributed by atoms with Gasteiger partial charge in [0, 0.05) is 18.3 Å². The van der Waals surface area contributed by atoms with Crippen molar-refractivity contribution in [3.8, 4) is 17.0 Å². The van der Waals surface area contributed by atoms with Crippen LogP contribution in [0.1, 0.15) is 12.5 Å². The Hall–Kier alpha value is -1.94. The number of benzene rings is 1. The summed E-state index contributed by atoms with van der Waals surface area (Å²) in [5.41, 5.74) is 1.90. The maximum absolute atomic E-state index is 14.2. The Morgan fingerprint density at radius 3 is 2.84 bits per heavy atom. The predicted octanol–water partition coefficient (Wildman–Crippen LogP) is 3.01. The molecule has 1 heterocycles. The molecular formula is C15H17FN2O. The van der Waals surface area contributed by atoms with Crippen LogP contribution in [-0.2, 0) is 6.54 Å². The van der Waals surface area contributed by atoms with Crippen molar-refractivity contribution in [1.82, 2.24) is 10.3 Å². The van der Waals surface area contributed by atoms with Gasteiger partial charge in [0.2, 0.25) is 0 Å². The van der Waals surface area contributed by atoms with Gasteiger partial charge in [0.15, 0.2) is 0 Å². The smallest absolute Gasteiger partial charge is 0.145 e. The van der Waals surface area contributed by atoms with Crippen molar-refractivity contribution in [3.63, 3.8) is 0 Å². The van der Waals surface area contributed by atoms with E-state index in [1.807, 2.05) is 13.0 Å². The van der Waals surface area contributed by atoms with Gasteiger partial charge >= 0.3 is 0 Å². The van der Waals surface area contributed by atoms with E-state index in [0.29, 0.717) is 23.6 Å². The molecule has 1 aromatic carbocycles. The van der Waals surface area contributed by atoms with E-state index in [-0.39, 0.29) is 5.82 Å². The van der Waals surface area contributed by atoms with Crippen LogP contribution in [0.3, 0.4) is 0 Å². The highest BCUT2D eigenvalue weighted by atomic mass is 19.1. The molecule has 0 radical (unpaired) electrons. The normalized spacial score (nSPS) is 10.5. The molecule has 0 fully saturated rings. The first-order valence-corrected chi connectivity index (χ1v) is 6.24. The van der Waals surface area contributed by atoms with Gasteiger partial charge in [0.25, 0.3) is 0 Å². The first-order valence-electron chi connectivity index (χ1n) is 6.24. The largest absolute Gasteiger partial charge is 0.494 e. The van der Waals surface area contributed by atoms with Gasteiger partial charge < -0.3 is 10.1 Å². The monoisotopic (exact) mass is 260 g/mol. The van der Waals surface area contributed by atoms with Crippen molar-refractivity contribution < 1.29 is 9.13 Å². The lowest BCUT2D eigenvalue weighted by Gasteiger charge is -2.09. The summed E-state index contributed by atoms with van der Waals surface area (Å²) in [6, 6.07) is 8.71. The van der Waals surface area contributed by atoms with E-state index in [1.165, 1.54) is 6.07 Å². The van der Waals surface area contributed by atoms with Gasteiger partial charge in [-0.1, -0.05) is 13.0 Å². The van der Waals surface area contributed by atoms with Crippen LogP contribution in [0.15, 0.2) is 36.5 Å². The van der Waals surface area contributed by atoms with E-state index >= 15 is 0 Å². The minimum absolute atomic E-state index is 0.285. The van der Waals surface area contributed by atoms with Crippen molar-refractivity contribution in [3.05, 3.63) is 47.9 Å².